The molecular weight excluding hydrogens is 282 g/mol. The summed E-state index contributed by atoms with van der Waals surface area (Å²) in [7, 11) is 0. The van der Waals surface area contributed by atoms with Crippen molar-refractivity contribution in [2.75, 3.05) is 26.4 Å². The van der Waals surface area contributed by atoms with Crippen LogP contribution in [0.5, 0.6) is 0 Å². The normalized spacial score (nSPS) is 29.5. The van der Waals surface area contributed by atoms with Gasteiger partial charge in [-0.3, -0.25) is 4.79 Å². The lowest BCUT2D eigenvalue weighted by Gasteiger charge is -2.39. The van der Waals surface area contributed by atoms with Gasteiger partial charge in [-0.15, -0.1) is 0 Å². The molecule has 0 aliphatic carbocycles. The molecule has 0 N–H and O–H groups in total. The van der Waals surface area contributed by atoms with Crippen LogP contribution in [-0.4, -0.2) is 43.3 Å². The van der Waals surface area contributed by atoms with Gasteiger partial charge in [0.1, 0.15) is 11.5 Å². The summed E-state index contributed by atoms with van der Waals surface area (Å²) < 4.78 is 16.9. The fourth-order valence-electron chi connectivity index (χ4n) is 3.25. The standard InChI is InChI=1S/C17H25NO4/c1-3-13-4-5-15(22-13)14-10-12(2)6-7-18(14)17(19)16-11-20-8-9-21-16/h4-5,12,14,16H,3,6-11H2,1-2H3/t12-,14-,16-/m0/s1. The van der Waals surface area contributed by atoms with Crippen LogP contribution in [0.2, 0.25) is 0 Å². The first-order valence-electron chi connectivity index (χ1n) is 8.27. The molecule has 3 atom stereocenters. The van der Waals surface area contributed by atoms with Crippen molar-refractivity contribution in [1.82, 2.24) is 4.90 Å². The highest BCUT2D eigenvalue weighted by atomic mass is 16.6. The molecule has 0 aromatic carbocycles. The SMILES string of the molecule is CCc1ccc([C@@H]2C[C@@H](C)CCN2C(=O)[C@@H]2COCCO2)o1. The number of hydrogen-bond acceptors (Lipinski definition) is 4. The molecule has 1 aromatic heterocycles. The number of hydrogen-bond donors (Lipinski definition) is 0. The second-order valence-corrected chi connectivity index (χ2v) is 6.27. The van der Waals surface area contributed by atoms with Crippen LogP contribution in [0.1, 0.15) is 44.3 Å². The van der Waals surface area contributed by atoms with E-state index in [1.165, 1.54) is 0 Å². The number of likely N-dealkylation sites (tertiary alicyclic amines) is 1. The molecule has 2 aliphatic rings. The smallest absolute Gasteiger partial charge is 0.254 e. The number of rotatable bonds is 3. The average Bonchev–Trinajstić information content (AvgIpc) is 3.04. The lowest BCUT2D eigenvalue weighted by molar-refractivity contribution is -0.162. The molecule has 2 aliphatic heterocycles. The van der Waals surface area contributed by atoms with Gasteiger partial charge in [-0.25, -0.2) is 0 Å². The van der Waals surface area contributed by atoms with Crippen molar-refractivity contribution in [2.24, 2.45) is 5.92 Å². The zero-order chi connectivity index (χ0) is 15.5. The Kier molecular flexibility index (Phi) is 4.84. The highest BCUT2D eigenvalue weighted by Gasteiger charge is 2.37. The fourth-order valence-corrected chi connectivity index (χ4v) is 3.25. The molecule has 1 amide bonds. The summed E-state index contributed by atoms with van der Waals surface area (Å²) in [5, 5.41) is 0. The van der Waals surface area contributed by atoms with Gasteiger partial charge in [0.15, 0.2) is 6.10 Å². The van der Waals surface area contributed by atoms with Crippen molar-refractivity contribution < 1.29 is 18.7 Å². The van der Waals surface area contributed by atoms with Gasteiger partial charge in [0.05, 0.1) is 25.9 Å². The largest absolute Gasteiger partial charge is 0.464 e. The molecule has 0 radical (unpaired) electrons. The van der Waals surface area contributed by atoms with Gasteiger partial charge < -0.3 is 18.8 Å². The summed E-state index contributed by atoms with van der Waals surface area (Å²) in [5.74, 6) is 2.49. The van der Waals surface area contributed by atoms with Gasteiger partial charge >= 0.3 is 0 Å². The van der Waals surface area contributed by atoms with Crippen LogP contribution in [0.25, 0.3) is 0 Å². The van der Waals surface area contributed by atoms with E-state index >= 15 is 0 Å². The molecule has 3 rings (SSSR count). The molecule has 2 fully saturated rings. The minimum Gasteiger partial charge on any atom is -0.464 e. The van der Waals surface area contributed by atoms with E-state index in [1.54, 1.807) is 0 Å². The quantitative estimate of drug-likeness (QED) is 0.861. The maximum absolute atomic E-state index is 12.8. The van der Waals surface area contributed by atoms with Crippen molar-refractivity contribution in [1.29, 1.82) is 0 Å². The first-order chi connectivity index (χ1) is 10.7. The second kappa shape index (κ2) is 6.84. The molecule has 0 spiro atoms. The van der Waals surface area contributed by atoms with E-state index in [1.807, 2.05) is 17.0 Å². The van der Waals surface area contributed by atoms with Crippen molar-refractivity contribution in [3.05, 3.63) is 23.7 Å². The fraction of sp³-hybridized carbons (Fsp3) is 0.706. The van der Waals surface area contributed by atoms with E-state index in [4.69, 9.17) is 13.9 Å². The minimum atomic E-state index is -0.467. The molecule has 0 saturated carbocycles. The van der Waals surface area contributed by atoms with Crippen molar-refractivity contribution in [2.45, 2.75) is 45.3 Å². The molecule has 1 aromatic rings. The molecule has 0 unspecified atom stereocenters. The van der Waals surface area contributed by atoms with Crippen LogP contribution in [0.4, 0.5) is 0 Å². The Hall–Kier alpha value is -1.33. The number of furan rings is 1. The molecule has 0 bridgehead atoms. The Morgan fingerprint density at radius 3 is 2.91 bits per heavy atom. The second-order valence-electron chi connectivity index (χ2n) is 6.27. The number of ether oxygens (including phenoxy) is 2. The summed E-state index contributed by atoms with van der Waals surface area (Å²) in [5.41, 5.74) is 0. The predicted molar refractivity (Wildman–Crippen MR) is 81.5 cm³/mol. The monoisotopic (exact) mass is 307 g/mol. The number of carbonyl (C=O) groups is 1. The van der Waals surface area contributed by atoms with Gasteiger partial charge in [0.25, 0.3) is 5.91 Å². The molecule has 3 heterocycles. The van der Waals surface area contributed by atoms with E-state index in [9.17, 15) is 4.79 Å². The first-order valence-corrected chi connectivity index (χ1v) is 8.27. The van der Waals surface area contributed by atoms with Gasteiger partial charge in [-0.2, -0.15) is 0 Å². The zero-order valence-corrected chi connectivity index (χ0v) is 13.4. The van der Waals surface area contributed by atoms with Crippen LogP contribution in [0.3, 0.4) is 0 Å². The summed E-state index contributed by atoms with van der Waals surface area (Å²) in [6.07, 6.45) is 2.37. The Labute approximate surface area is 131 Å². The van der Waals surface area contributed by atoms with Crippen LogP contribution in [-0.2, 0) is 20.7 Å². The number of aryl methyl sites for hydroxylation is 1. The zero-order valence-electron chi connectivity index (χ0n) is 13.4. The molecular formula is C17H25NO4. The summed E-state index contributed by atoms with van der Waals surface area (Å²) >= 11 is 0. The van der Waals surface area contributed by atoms with Crippen LogP contribution < -0.4 is 0 Å². The van der Waals surface area contributed by atoms with E-state index in [-0.39, 0.29) is 11.9 Å². The Balaban J connectivity index is 1.78. The maximum Gasteiger partial charge on any atom is 0.254 e. The molecule has 22 heavy (non-hydrogen) atoms. The highest BCUT2D eigenvalue weighted by molar-refractivity contribution is 5.81. The molecule has 2 saturated heterocycles. The minimum absolute atomic E-state index is 0.0158. The third-order valence-electron chi connectivity index (χ3n) is 4.60. The van der Waals surface area contributed by atoms with Gasteiger partial charge in [-0.05, 0) is 30.9 Å². The van der Waals surface area contributed by atoms with Gasteiger partial charge in [0, 0.05) is 13.0 Å². The summed E-state index contributed by atoms with van der Waals surface area (Å²) in [6, 6.07) is 4.04. The Morgan fingerprint density at radius 1 is 1.36 bits per heavy atom. The topological polar surface area (TPSA) is 51.9 Å². The van der Waals surface area contributed by atoms with E-state index < -0.39 is 6.10 Å². The molecule has 5 heteroatoms. The highest BCUT2D eigenvalue weighted by Crippen LogP contribution is 2.35. The van der Waals surface area contributed by atoms with Crippen molar-refractivity contribution >= 4 is 5.91 Å². The average molecular weight is 307 g/mol. The van der Waals surface area contributed by atoms with Gasteiger partial charge in [-0.1, -0.05) is 13.8 Å². The number of piperidine rings is 1. The van der Waals surface area contributed by atoms with Crippen LogP contribution >= 0.6 is 0 Å². The molecule has 122 valence electrons. The summed E-state index contributed by atoms with van der Waals surface area (Å²) in [4.78, 5) is 14.7. The molecule has 5 nitrogen and oxygen atoms in total. The van der Waals surface area contributed by atoms with Crippen molar-refractivity contribution in [3.63, 3.8) is 0 Å². The van der Waals surface area contributed by atoms with Crippen LogP contribution in [0.15, 0.2) is 16.5 Å². The van der Waals surface area contributed by atoms with Crippen LogP contribution in [0, 0.1) is 5.92 Å². The lowest BCUT2D eigenvalue weighted by atomic mass is 9.90. The third-order valence-corrected chi connectivity index (χ3v) is 4.60. The number of amides is 1. The van der Waals surface area contributed by atoms with Gasteiger partial charge in [0.2, 0.25) is 0 Å². The number of carbonyl (C=O) groups excluding carboxylic acids is 1. The predicted octanol–water partition coefficient (Wildman–Crippen LogP) is 2.56. The Bertz CT molecular complexity index is 507. The summed E-state index contributed by atoms with van der Waals surface area (Å²) in [6.45, 7) is 6.48. The maximum atomic E-state index is 12.8. The number of nitrogens with zero attached hydrogens (tertiary/aromatic N) is 1. The van der Waals surface area contributed by atoms with E-state index in [2.05, 4.69) is 13.8 Å². The van der Waals surface area contributed by atoms with Crippen molar-refractivity contribution in [3.8, 4) is 0 Å². The Morgan fingerprint density at radius 2 is 2.23 bits per heavy atom. The van der Waals surface area contributed by atoms with E-state index in [0.29, 0.717) is 25.7 Å². The first kappa shape index (κ1) is 15.6. The van der Waals surface area contributed by atoms with E-state index in [0.717, 1.165) is 37.3 Å². The third kappa shape index (κ3) is 3.20. The lowest BCUT2D eigenvalue weighted by Crippen LogP contribution is -2.49.